The van der Waals surface area contributed by atoms with Crippen molar-refractivity contribution in [1.29, 1.82) is 0 Å². The van der Waals surface area contributed by atoms with Gasteiger partial charge in [-0.2, -0.15) is 0 Å². The topological polar surface area (TPSA) is 20.3 Å². The molecular formula is C15H17NO. The largest absolute Gasteiger partial charge is 0.367 e. The summed E-state index contributed by atoms with van der Waals surface area (Å²) in [5, 5.41) is 2.45. The second-order valence-corrected chi connectivity index (χ2v) is 4.59. The molecule has 0 saturated carbocycles. The Kier molecular flexibility index (Phi) is 3.14. The molecule has 0 fully saturated rings. The molecule has 2 rings (SSSR count). The van der Waals surface area contributed by atoms with Gasteiger partial charge in [-0.1, -0.05) is 29.8 Å². The van der Waals surface area contributed by atoms with Crippen LogP contribution < -0.4 is 4.90 Å². The van der Waals surface area contributed by atoms with Crippen molar-refractivity contribution >= 4 is 22.2 Å². The number of anilines is 1. The van der Waals surface area contributed by atoms with E-state index in [2.05, 4.69) is 43.3 Å². The molecule has 88 valence electrons. The van der Waals surface area contributed by atoms with Crippen LogP contribution in [-0.2, 0) is 4.79 Å². The summed E-state index contributed by atoms with van der Waals surface area (Å²) in [6.07, 6.45) is 0. The molecule has 0 aliphatic heterocycles. The molecular weight excluding hydrogens is 210 g/mol. The van der Waals surface area contributed by atoms with Gasteiger partial charge in [0.2, 0.25) is 0 Å². The van der Waals surface area contributed by atoms with E-state index in [1.807, 2.05) is 11.9 Å². The Balaban J connectivity index is 2.37. The van der Waals surface area contributed by atoms with Crippen LogP contribution in [0.1, 0.15) is 12.5 Å². The molecule has 2 nitrogen and oxygen atoms in total. The van der Waals surface area contributed by atoms with E-state index in [1.165, 1.54) is 16.3 Å². The number of likely N-dealkylation sites (N-methyl/N-ethyl adjacent to an activating group) is 1. The fourth-order valence-corrected chi connectivity index (χ4v) is 2.02. The molecule has 0 N–H and O–H groups in total. The van der Waals surface area contributed by atoms with Crippen LogP contribution in [0.4, 0.5) is 5.69 Å². The number of nitrogens with zero attached hydrogens (tertiary/aromatic N) is 1. The van der Waals surface area contributed by atoms with Crippen LogP contribution in [0.25, 0.3) is 10.8 Å². The van der Waals surface area contributed by atoms with Gasteiger partial charge in [0.05, 0.1) is 6.54 Å². The molecule has 0 bridgehead atoms. The van der Waals surface area contributed by atoms with Crippen molar-refractivity contribution in [3.8, 4) is 0 Å². The summed E-state index contributed by atoms with van der Waals surface area (Å²) in [5.41, 5.74) is 2.35. The highest BCUT2D eigenvalue weighted by atomic mass is 16.1. The lowest BCUT2D eigenvalue weighted by atomic mass is 10.1. The minimum Gasteiger partial charge on any atom is -0.367 e. The third kappa shape index (κ3) is 2.64. The number of hydrogen-bond acceptors (Lipinski definition) is 2. The zero-order chi connectivity index (χ0) is 12.4. The van der Waals surface area contributed by atoms with Crippen molar-refractivity contribution in [3.05, 3.63) is 42.0 Å². The van der Waals surface area contributed by atoms with Gasteiger partial charge in [0.25, 0.3) is 0 Å². The van der Waals surface area contributed by atoms with Gasteiger partial charge in [-0.05, 0) is 36.8 Å². The van der Waals surface area contributed by atoms with Gasteiger partial charge >= 0.3 is 0 Å². The first-order valence-electron chi connectivity index (χ1n) is 5.77. The number of carbonyl (C=O) groups is 1. The minimum atomic E-state index is 0.177. The van der Waals surface area contributed by atoms with E-state index < -0.39 is 0 Å². The number of ketones is 1. The second-order valence-electron chi connectivity index (χ2n) is 4.59. The van der Waals surface area contributed by atoms with Crippen LogP contribution in [0.15, 0.2) is 36.4 Å². The summed E-state index contributed by atoms with van der Waals surface area (Å²) < 4.78 is 0. The van der Waals surface area contributed by atoms with E-state index in [1.54, 1.807) is 6.92 Å². The Labute approximate surface area is 102 Å². The number of Topliss-reactive ketones (excluding diaryl/α,β-unsaturated/α-hetero) is 1. The van der Waals surface area contributed by atoms with Crippen molar-refractivity contribution in [2.45, 2.75) is 13.8 Å². The lowest BCUT2D eigenvalue weighted by Crippen LogP contribution is -2.23. The third-order valence-corrected chi connectivity index (χ3v) is 2.88. The van der Waals surface area contributed by atoms with Crippen molar-refractivity contribution in [3.63, 3.8) is 0 Å². The van der Waals surface area contributed by atoms with E-state index >= 15 is 0 Å². The van der Waals surface area contributed by atoms with Gasteiger partial charge in [0, 0.05) is 12.7 Å². The van der Waals surface area contributed by atoms with Gasteiger partial charge in [0.15, 0.2) is 0 Å². The quantitative estimate of drug-likeness (QED) is 0.802. The summed E-state index contributed by atoms with van der Waals surface area (Å²) >= 11 is 0. The molecule has 2 aromatic carbocycles. The first-order chi connectivity index (χ1) is 8.06. The predicted molar refractivity (Wildman–Crippen MR) is 72.6 cm³/mol. The molecule has 0 unspecified atom stereocenters. The highest BCUT2D eigenvalue weighted by molar-refractivity contribution is 5.87. The molecule has 0 spiro atoms. The average Bonchev–Trinajstić information content (AvgIpc) is 2.27. The fourth-order valence-electron chi connectivity index (χ4n) is 2.02. The van der Waals surface area contributed by atoms with E-state index in [4.69, 9.17) is 0 Å². The van der Waals surface area contributed by atoms with Crippen LogP contribution in [0, 0.1) is 6.92 Å². The number of hydrogen-bond donors (Lipinski definition) is 0. The lowest BCUT2D eigenvalue weighted by Gasteiger charge is -2.18. The monoisotopic (exact) mass is 227 g/mol. The maximum atomic E-state index is 11.1. The summed E-state index contributed by atoms with van der Waals surface area (Å²) in [6.45, 7) is 4.16. The fraction of sp³-hybridized carbons (Fsp3) is 0.267. The van der Waals surface area contributed by atoms with Crippen LogP contribution in [0.5, 0.6) is 0 Å². The summed E-state index contributed by atoms with van der Waals surface area (Å²) in [5.74, 6) is 0.177. The molecule has 0 heterocycles. The molecule has 0 aliphatic carbocycles. The maximum absolute atomic E-state index is 11.1. The molecule has 0 saturated heterocycles. The zero-order valence-electron chi connectivity index (χ0n) is 10.5. The van der Waals surface area contributed by atoms with E-state index in [-0.39, 0.29) is 5.78 Å². The first kappa shape index (κ1) is 11.6. The SMILES string of the molecule is CC(=O)CN(C)c1ccc2cc(C)ccc2c1. The number of rotatable bonds is 3. The van der Waals surface area contributed by atoms with E-state index in [0.717, 1.165) is 5.69 Å². The second kappa shape index (κ2) is 4.58. The maximum Gasteiger partial charge on any atom is 0.149 e. The van der Waals surface area contributed by atoms with Gasteiger partial charge in [0.1, 0.15) is 5.78 Å². The molecule has 0 radical (unpaired) electrons. The summed E-state index contributed by atoms with van der Waals surface area (Å²) in [7, 11) is 1.94. The van der Waals surface area contributed by atoms with Crippen molar-refractivity contribution < 1.29 is 4.79 Å². The van der Waals surface area contributed by atoms with E-state index in [0.29, 0.717) is 6.54 Å². The van der Waals surface area contributed by atoms with Crippen LogP contribution >= 0.6 is 0 Å². The number of aryl methyl sites for hydroxylation is 1. The Hall–Kier alpha value is -1.83. The molecule has 17 heavy (non-hydrogen) atoms. The smallest absolute Gasteiger partial charge is 0.149 e. The van der Waals surface area contributed by atoms with Gasteiger partial charge in [-0.3, -0.25) is 4.79 Å². The van der Waals surface area contributed by atoms with Gasteiger partial charge in [-0.25, -0.2) is 0 Å². The van der Waals surface area contributed by atoms with Crippen LogP contribution in [0.3, 0.4) is 0 Å². The molecule has 2 heteroatoms. The van der Waals surface area contributed by atoms with Gasteiger partial charge < -0.3 is 4.90 Å². The zero-order valence-corrected chi connectivity index (χ0v) is 10.5. The Bertz CT molecular complexity index is 560. The molecule has 0 amide bonds. The summed E-state index contributed by atoms with van der Waals surface area (Å²) in [6, 6.07) is 12.7. The highest BCUT2D eigenvalue weighted by Crippen LogP contribution is 2.22. The standard InChI is InChI=1S/C15H17NO/c1-11-4-5-14-9-15(7-6-13(14)8-11)16(3)10-12(2)17/h4-9H,10H2,1-3H3. The van der Waals surface area contributed by atoms with E-state index in [9.17, 15) is 4.79 Å². The first-order valence-corrected chi connectivity index (χ1v) is 5.77. The molecule has 0 aliphatic rings. The van der Waals surface area contributed by atoms with Crippen LogP contribution in [0.2, 0.25) is 0 Å². The third-order valence-electron chi connectivity index (χ3n) is 2.88. The number of benzene rings is 2. The predicted octanol–water partition coefficient (Wildman–Crippen LogP) is 3.17. The van der Waals surface area contributed by atoms with Crippen LogP contribution in [-0.4, -0.2) is 19.4 Å². The Morgan fingerprint density at radius 3 is 2.47 bits per heavy atom. The van der Waals surface area contributed by atoms with Gasteiger partial charge in [-0.15, -0.1) is 0 Å². The molecule has 0 aromatic heterocycles. The van der Waals surface area contributed by atoms with Crippen molar-refractivity contribution in [2.24, 2.45) is 0 Å². The normalized spacial score (nSPS) is 10.5. The minimum absolute atomic E-state index is 0.177. The Morgan fingerprint density at radius 2 is 1.76 bits per heavy atom. The lowest BCUT2D eigenvalue weighted by molar-refractivity contribution is -0.115. The number of fused-ring (bicyclic) bond motifs is 1. The molecule has 0 atom stereocenters. The average molecular weight is 227 g/mol. The summed E-state index contributed by atoms with van der Waals surface area (Å²) in [4.78, 5) is 13.1. The highest BCUT2D eigenvalue weighted by Gasteiger charge is 2.04. The number of carbonyl (C=O) groups excluding carboxylic acids is 1. The Morgan fingerprint density at radius 1 is 1.12 bits per heavy atom. The van der Waals surface area contributed by atoms with Crippen molar-refractivity contribution in [2.75, 3.05) is 18.5 Å². The molecule has 2 aromatic rings. The van der Waals surface area contributed by atoms with Crippen molar-refractivity contribution in [1.82, 2.24) is 0 Å².